The summed E-state index contributed by atoms with van der Waals surface area (Å²) in [4.78, 5) is 41.1. The van der Waals surface area contributed by atoms with E-state index in [1.807, 2.05) is 38.7 Å². The molecule has 0 spiro atoms. The number of esters is 1. The monoisotopic (exact) mass is 574 g/mol. The third-order valence-corrected chi connectivity index (χ3v) is 9.03. The van der Waals surface area contributed by atoms with Crippen LogP contribution < -0.4 is 15.8 Å². The first-order valence-corrected chi connectivity index (χ1v) is 14.6. The zero-order valence-electron chi connectivity index (χ0n) is 24.7. The summed E-state index contributed by atoms with van der Waals surface area (Å²) in [5.74, 6) is 1.35. The van der Waals surface area contributed by atoms with Gasteiger partial charge in [0.1, 0.15) is 23.3 Å². The maximum atomic E-state index is 12.7. The Labute approximate surface area is 245 Å². The lowest BCUT2D eigenvalue weighted by molar-refractivity contribution is -0.153. The molecule has 42 heavy (non-hydrogen) atoms. The molecule has 0 unspecified atom stereocenters. The standard InChI is InChI=1S/C31H38N6O5/c1-6-24(32)22-12-34-28(41-18-9-17(10-18)29(38)37-14-19(15-37)40-5)23-13-33-26(11-21(22)23)35-25-8-7-20-27(36-25)16(2)31(3,4)42-30(20)39/h7-8,11-13,16-19,24H,6,9-10,14-15,32H2,1-5H3,(H,33,35,36)/t16-,17-,18+,24+/m1/s1. The molecule has 11 heteroatoms. The number of pyridine rings is 3. The summed E-state index contributed by atoms with van der Waals surface area (Å²) < 4.78 is 17.2. The molecule has 3 aromatic rings. The average Bonchev–Trinajstić information content (AvgIpc) is 2.92. The van der Waals surface area contributed by atoms with Gasteiger partial charge >= 0.3 is 5.97 Å². The quantitative estimate of drug-likeness (QED) is 0.375. The normalized spacial score (nSPS) is 23.8. The van der Waals surface area contributed by atoms with Crippen LogP contribution in [0.3, 0.4) is 0 Å². The number of nitrogens with zero attached hydrogens (tertiary/aromatic N) is 4. The molecular formula is C31H38N6O5. The SMILES string of the molecule is CC[C@H](N)c1cnc(O[C@H]2C[C@@H](C(=O)N3CC(OC)C3)C2)c2cnc(Nc3ccc4c(n3)[C@@H](C)C(C)(C)OC4=O)cc12. The summed E-state index contributed by atoms with van der Waals surface area (Å²) >= 11 is 0. The predicted octanol–water partition coefficient (Wildman–Crippen LogP) is 4.25. The summed E-state index contributed by atoms with van der Waals surface area (Å²) in [5, 5.41) is 4.95. The van der Waals surface area contributed by atoms with Gasteiger partial charge in [0.2, 0.25) is 11.8 Å². The van der Waals surface area contributed by atoms with E-state index >= 15 is 0 Å². The molecule has 2 atom stereocenters. The van der Waals surface area contributed by atoms with E-state index in [0.717, 1.165) is 22.8 Å². The van der Waals surface area contributed by atoms with Crippen LogP contribution in [-0.2, 0) is 14.3 Å². The van der Waals surface area contributed by atoms with Crippen LogP contribution in [0.4, 0.5) is 11.6 Å². The highest BCUT2D eigenvalue weighted by atomic mass is 16.6. The van der Waals surface area contributed by atoms with Gasteiger partial charge < -0.3 is 30.2 Å². The number of carbonyl (C=O) groups is 2. The van der Waals surface area contributed by atoms with Crippen LogP contribution in [0.1, 0.15) is 80.5 Å². The molecule has 2 fully saturated rings. The number of fused-ring (bicyclic) bond motifs is 2. The highest BCUT2D eigenvalue weighted by molar-refractivity contribution is 5.93. The van der Waals surface area contributed by atoms with E-state index in [0.29, 0.717) is 54.7 Å². The number of nitrogens with two attached hydrogens (primary N) is 1. The van der Waals surface area contributed by atoms with E-state index in [2.05, 4.69) is 15.3 Å². The molecule has 3 aromatic heterocycles. The van der Waals surface area contributed by atoms with Crippen molar-refractivity contribution in [1.29, 1.82) is 0 Å². The number of aromatic nitrogens is 3. The molecule has 6 rings (SSSR count). The first kappa shape index (κ1) is 28.3. The van der Waals surface area contributed by atoms with Crippen LogP contribution in [0.25, 0.3) is 10.8 Å². The second-order valence-electron chi connectivity index (χ2n) is 12.1. The van der Waals surface area contributed by atoms with Crippen LogP contribution in [0, 0.1) is 5.92 Å². The maximum Gasteiger partial charge on any atom is 0.340 e. The second-order valence-corrected chi connectivity index (χ2v) is 12.1. The minimum atomic E-state index is -0.652. The lowest BCUT2D eigenvalue weighted by atomic mass is 9.80. The molecule has 1 amide bonds. The van der Waals surface area contributed by atoms with Crippen LogP contribution >= 0.6 is 0 Å². The number of carbonyl (C=O) groups excluding carboxylic acids is 2. The molecule has 1 saturated carbocycles. The van der Waals surface area contributed by atoms with Gasteiger partial charge in [0.05, 0.1) is 22.7 Å². The van der Waals surface area contributed by atoms with Gasteiger partial charge in [-0.15, -0.1) is 0 Å². The van der Waals surface area contributed by atoms with Crippen molar-refractivity contribution in [2.45, 2.75) is 76.7 Å². The largest absolute Gasteiger partial charge is 0.474 e. The van der Waals surface area contributed by atoms with Crippen molar-refractivity contribution < 1.29 is 23.8 Å². The van der Waals surface area contributed by atoms with Crippen LogP contribution in [-0.4, -0.2) is 69.7 Å². The number of rotatable bonds is 8. The fraction of sp³-hybridized carbons (Fsp3) is 0.516. The molecule has 11 nitrogen and oxygen atoms in total. The number of hydrogen-bond acceptors (Lipinski definition) is 10. The first-order chi connectivity index (χ1) is 20.1. The molecule has 3 N–H and O–H groups in total. The Bertz CT molecular complexity index is 1530. The zero-order chi connectivity index (χ0) is 29.8. The first-order valence-electron chi connectivity index (χ1n) is 14.6. The van der Waals surface area contributed by atoms with Gasteiger partial charge in [0.15, 0.2) is 0 Å². The van der Waals surface area contributed by atoms with Gasteiger partial charge in [0, 0.05) is 50.5 Å². The highest BCUT2D eigenvalue weighted by Crippen LogP contribution is 2.39. The van der Waals surface area contributed by atoms with Gasteiger partial charge in [-0.05, 0) is 62.3 Å². The van der Waals surface area contributed by atoms with Crippen molar-refractivity contribution in [2.24, 2.45) is 11.7 Å². The van der Waals surface area contributed by atoms with Crippen LogP contribution in [0.15, 0.2) is 30.6 Å². The molecule has 2 aliphatic heterocycles. The Morgan fingerprint density at radius 2 is 1.93 bits per heavy atom. The Balaban J connectivity index is 1.22. The van der Waals surface area contributed by atoms with Crippen molar-refractivity contribution in [1.82, 2.24) is 19.9 Å². The smallest absolute Gasteiger partial charge is 0.340 e. The summed E-state index contributed by atoms with van der Waals surface area (Å²) in [5.41, 5.74) is 7.89. The fourth-order valence-electron chi connectivity index (χ4n) is 5.75. The lowest BCUT2D eigenvalue weighted by Crippen LogP contribution is -2.58. The van der Waals surface area contributed by atoms with E-state index in [1.54, 1.807) is 31.6 Å². The van der Waals surface area contributed by atoms with E-state index in [9.17, 15) is 9.59 Å². The number of methoxy groups -OCH3 is 1. The second kappa shape index (κ2) is 10.8. The van der Waals surface area contributed by atoms with Crippen molar-refractivity contribution in [3.8, 4) is 5.88 Å². The van der Waals surface area contributed by atoms with E-state index < -0.39 is 5.60 Å². The summed E-state index contributed by atoms with van der Waals surface area (Å²) in [7, 11) is 1.68. The topological polar surface area (TPSA) is 142 Å². The molecule has 222 valence electrons. The molecule has 1 aliphatic carbocycles. The Kier molecular flexibility index (Phi) is 7.26. The summed E-state index contributed by atoms with van der Waals surface area (Å²) in [6, 6.07) is 5.21. The molecule has 0 aromatic carbocycles. The number of ether oxygens (including phenoxy) is 3. The number of cyclic esters (lactones) is 1. The predicted molar refractivity (Wildman–Crippen MR) is 157 cm³/mol. The van der Waals surface area contributed by atoms with Crippen molar-refractivity contribution in [3.63, 3.8) is 0 Å². The third kappa shape index (κ3) is 5.05. The molecule has 3 aliphatic rings. The molecular weight excluding hydrogens is 536 g/mol. The van der Waals surface area contributed by atoms with Gasteiger partial charge in [-0.25, -0.2) is 19.7 Å². The van der Waals surface area contributed by atoms with Crippen LogP contribution in [0.2, 0.25) is 0 Å². The Morgan fingerprint density at radius 1 is 1.17 bits per heavy atom. The lowest BCUT2D eigenvalue weighted by Gasteiger charge is -2.43. The van der Waals surface area contributed by atoms with Crippen LogP contribution in [0.5, 0.6) is 5.88 Å². The number of anilines is 2. The molecule has 5 heterocycles. The third-order valence-electron chi connectivity index (χ3n) is 9.03. The zero-order valence-corrected chi connectivity index (χ0v) is 24.7. The minimum absolute atomic E-state index is 0.0277. The summed E-state index contributed by atoms with van der Waals surface area (Å²) in [6.45, 7) is 9.14. The number of hydrogen-bond donors (Lipinski definition) is 2. The maximum absolute atomic E-state index is 12.7. The number of likely N-dealkylation sites (tertiary alicyclic amines) is 1. The van der Waals surface area contributed by atoms with Crippen molar-refractivity contribution in [3.05, 3.63) is 47.4 Å². The Morgan fingerprint density at radius 3 is 2.64 bits per heavy atom. The van der Waals surface area contributed by atoms with E-state index in [4.69, 9.17) is 24.9 Å². The van der Waals surface area contributed by atoms with Gasteiger partial charge in [-0.3, -0.25) is 4.79 Å². The Hall–Kier alpha value is -3.83. The molecule has 1 saturated heterocycles. The number of nitrogens with one attached hydrogen (secondary N) is 1. The van der Waals surface area contributed by atoms with E-state index in [-0.39, 0.29) is 42.0 Å². The fourth-order valence-corrected chi connectivity index (χ4v) is 5.75. The van der Waals surface area contributed by atoms with E-state index in [1.165, 1.54) is 0 Å². The van der Waals surface area contributed by atoms with Gasteiger partial charge in [-0.1, -0.05) is 13.8 Å². The summed E-state index contributed by atoms with van der Waals surface area (Å²) in [6.07, 6.45) is 5.63. The van der Waals surface area contributed by atoms with Crippen molar-refractivity contribution >= 4 is 34.3 Å². The molecule has 0 bridgehead atoms. The van der Waals surface area contributed by atoms with Gasteiger partial charge in [0.25, 0.3) is 0 Å². The van der Waals surface area contributed by atoms with Crippen molar-refractivity contribution in [2.75, 3.05) is 25.5 Å². The minimum Gasteiger partial charge on any atom is -0.474 e. The number of amides is 1. The molecule has 0 radical (unpaired) electrons. The average molecular weight is 575 g/mol. The highest BCUT2D eigenvalue weighted by Gasteiger charge is 2.42. The van der Waals surface area contributed by atoms with Gasteiger partial charge in [-0.2, -0.15) is 0 Å².